The lowest BCUT2D eigenvalue weighted by Gasteiger charge is -2.28. The number of hydrogen-bond donors (Lipinski definition) is 2. The summed E-state index contributed by atoms with van der Waals surface area (Å²) < 4.78 is 0. The van der Waals surface area contributed by atoms with Crippen LogP contribution < -0.4 is 5.43 Å². The van der Waals surface area contributed by atoms with Crippen LogP contribution in [0.3, 0.4) is 0 Å². The van der Waals surface area contributed by atoms with Gasteiger partial charge in [0.15, 0.2) is 0 Å². The predicted molar refractivity (Wildman–Crippen MR) is 49.7 cm³/mol. The van der Waals surface area contributed by atoms with Gasteiger partial charge in [0, 0.05) is 19.1 Å². The third kappa shape index (κ3) is 2.73. The van der Waals surface area contributed by atoms with E-state index in [2.05, 4.69) is 17.4 Å². The van der Waals surface area contributed by atoms with Gasteiger partial charge in [0.05, 0.1) is 6.61 Å². The lowest BCUT2D eigenvalue weighted by atomic mass is 10.2. The fraction of sp³-hybridized carbons (Fsp3) is 1.00. The highest BCUT2D eigenvalue weighted by atomic mass is 16.3. The molecule has 1 rings (SSSR count). The second-order valence-electron chi connectivity index (χ2n) is 3.41. The van der Waals surface area contributed by atoms with E-state index >= 15 is 0 Å². The quantitative estimate of drug-likeness (QED) is 0.659. The van der Waals surface area contributed by atoms with E-state index in [9.17, 15) is 0 Å². The molecule has 0 aromatic rings. The molecule has 0 saturated carbocycles. The number of nitrogens with one attached hydrogen (secondary N) is 1. The smallest absolute Gasteiger partial charge is 0.0600 e. The Morgan fingerprint density at radius 3 is 2.92 bits per heavy atom. The van der Waals surface area contributed by atoms with Crippen LogP contribution in [0, 0.1) is 0 Å². The zero-order valence-corrected chi connectivity index (χ0v) is 7.92. The molecule has 1 saturated heterocycles. The summed E-state index contributed by atoms with van der Waals surface area (Å²) in [6.07, 6.45) is 4.84. The maximum atomic E-state index is 9.09. The van der Waals surface area contributed by atoms with Gasteiger partial charge in [-0.15, -0.1) is 0 Å². The van der Waals surface area contributed by atoms with Gasteiger partial charge in [-0.25, -0.2) is 5.01 Å². The van der Waals surface area contributed by atoms with Crippen LogP contribution in [0.5, 0.6) is 0 Å². The summed E-state index contributed by atoms with van der Waals surface area (Å²) in [6, 6.07) is 0.308. The summed E-state index contributed by atoms with van der Waals surface area (Å²) in [5.41, 5.74) is 3.36. The Kier molecular flexibility index (Phi) is 4.58. The van der Waals surface area contributed by atoms with Crippen molar-refractivity contribution in [3.8, 4) is 0 Å². The second-order valence-corrected chi connectivity index (χ2v) is 3.41. The van der Waals surface area contributed by atoms with Crippen molar-refractivity contribution in [1.82, 2.24) is 10.4 Å². The molecule has 0 amide bonds. The first-order chi connectivity index (χ1) is 5.88. The molecule has 0 aromatic carbocycles. The van der Waals surface area contributed by atoms with Gasteiger partial charge in [-0.05, 0) is 19.3 Å². The van der Waals surface area contributed by atoms with Gasteiger partial charge in [0.2, 0.25) is 0 Å². The largest absolute Gasteiger partial charge is 0.395 e. The number of hydrogen-bond acceptors (Lipinski definition) is 3. The number of nitrogens with zero attached hydrogens (tertiary/aromatic N) is 1. The Bertz CT molecular complexity index is 107. The average Bonchev–Trinajstić information content (AvgIpc) is 2.35. The first-order valence-corrected chi connectivity index (χ1v) is 4.99. The summed E-state index contributed by atoms with van der Waals surface area (Å²) in [4.78, 5) is 0. The molecule has 12 heavy (non-hydrogen) atoms. The van der Waals surface area contributed by atoms with Gasteiger partial charge in [0.1, 0.15) is 0 Å². The Morgan fingerprint density at radius 1 is 1.42 bits per heavy atom. The van der Waals surface area contributed by atoms with E-state index < -0.39 is 0 Å². The molecule has 3 nitrogen and oxygen atoms in total. The van der Waals surface area contributed by atoms with Crippen LogP contribution in [0.2, 0.25) is 0 Å². The standard InChI is InChI=1S/C9H20N2O/c1-2-9(8-12)11-7-5-3-4-6-10-11/h9-10,12H,2-8H2,1H3. The van der Waals surface area contributed by atoms with Crippen LogP contribution in [0.15, 0.2) is 0 Å². The van der Waals surface area contributed by atoms with Crippen LogP contribution in [0.4, 0.5) is 0 Å². The van der Waals surface area contributed by atoms with Crippen molar-refractivity contribution in [1.29, 1.82) is 0 Å². The zero-order valence-electron chi connectivity index (χ0n) is 7.92. The molecule has 1 fully saturated rings. The normalized spacial score (nSPS) is 23.5. The predicted octanol–water partition coefficient (Wildman–Crippen LogP) is 0.748. The van der Waals surface area contributed by atoms with E-state index in [0.717, 1.165) is 19.5 Å². The van der Waals surface area contributed by atoms with Crippen LogP contribution >= 0.6 is 0 Å². The summed E-state index contributed by atoms with van der Waals surface area (Å²) in [6.45, 7) is 4.53. The molecule has 0 aromatic heterocycles. The number of aliphatic hydroxyl groups excluding tert-OH is 1. The van der Waals surface area contributed by atoms with Crippen molar-refractivity contribution in [2.45, 2.75) is 38.6 Å². The molecule has 3 heteroatoms. The Hall–Kier alpha value is -0.120. The topological polar surface area (TPSA) is 35.5 Å². The third-order valence-corrected chi connectivity index (χ3v) is 2.51. The molecule has 0 aliphatic carbocycles. The average molecular weight is 172 g/mol. The van der Waals surface area contributed by atoms with Gasteiger partial charge < -0.3 is 5.11 Å². The molecular formula is C9H20N2O. The Balaban J connectivity index is 2.35. The molecule has 1 aliphatic rings. The molecule has 72 valence electrons. The molecule has 1 unspecified atom stereocenters. The minimum atomic E-state index is 0.267. The number of hydrazine groups is 1. The van der Waals surface area contributed by atoms with Gasteiger partial charge >= 0.3 is 0 Å². The lowest BCUT2D eigenvalue weighted by molar-refractivity contribution is 0.0789. The molecular weight excluding hydrogens is 152 g/mol. The molecule has 1 aliphatic heterocycles. The van der Waals surface area contributed by atoms with Crippen molar-refractivity contribution in [3.05, 3.63) is 0 Å². The Morgan fingerprint density at radius 2 is 2.25 bits per heavy atom. The highest BCUT2D eigenvalue weighted by Crippen LogP contribution is 2.07. The first kappa shape index (κ1) is 9.96. The van der Waals surface area contributed by atoms with Gasteiger partial charge in [-0.3, -0.25) is 5.43 Å². The molecule has 0 spiro atoms. The minimum Gasteiger partial charge on any atom is -0.395 e. The molecule has 1 atom stereocenters. The zero-order chi connectivity index (χ0) is 8.81. The van der Waals surface area contributed by atoms with Crippen molar-refractivity contribution in [2.75, 3.05) is 19.7 Å². The molecule has 1 heterocycles. The number of aliphatic hydroxyl groups is 1. The van der Waals surface area contributed by atoms with E-state index in [1.165, 1.54) is 19.3 Å². The van der Waals surface area contributed by atoms with Crippen molar-refractivity contribution >= 4 is 0 Å². The third-order valence-electron chi connectivity index (χ3n) is 2.51. The van der Waals surface area contributed by atoms with Gasteiger partial charge in [-0.2, -0.15) is 0 Å². The van der Waals surface area contributed by atoms with Gasteiger partial charge in [-0.1, -0.05) is 13.3 Å². The van der Waals surface area contributed by atoms with Crippen LogP contribution in [0.1, 0.15) is 32.6 Å². The van der Waals surface area contributed by atoms with E-state index in [0.29, 0.717) is 6.04 Å². The van der Waals surface area contributed by atoms with Gasteiger partial charge in [0.25, 0.3) is 0 Å². The summed E-state index contributed by atoms with van der Waals surface area (Å²) in [7, 11) is 0. The van der Waals surface area contributed by atoms with E-state index in [4.69, 9.17) is 5.11 Å². The summed E-state index contributed by atoms with van der Waals surface area (Å²) >= 11 is 0. The van der Waals surface area contributed by atoms with E-state index in [1.807, 2.05) is 0 Å². The summed E-state index contributed by atoms with van der Waals surface area (Å²) in [5.74, 6) is 0. The molecule has 0 radical (unpaired) electrons. The van der Waals surface area contributed by atoms with Crippen molar-refractivity contribution < 1.29 is 5.11 Å². The Labute approximate surface area is 74.7 Å². The van der Waals surface area contributed by atoms with Crippen LogP contribution in [-0.4, -0.2) is 35.9 Å². The van der Waals surface area contributed by atoms with Crippen molar-refractivity contribution in [2.24, 2.45) is 0 Å². The maximum absolute atomic E-state index is 9.09. The van der Waals surface area contributed by atoms with Crippen LogP contribution in [0.25, 0.3) is 0 Å². The van der Waals surface area contributed by atoms with E-state index in [-0.39, 0.29) is 6.61 Å². The first-order valence-electron chi connectivity index (χ1n) is 4.99. The number of rotatable bonds is 3. The summed E-state index contributed by atoms with van der Waals surface area (Å²) in [5, 5.41) is 11.3. The monoisotopic (exact) mass is 172 g/mol. The second kappa shape index (κ2) is 5.51. The minimum absolute atomic E-state index is 0.267. The SMILES string of the molecule is CCC(CO)N1CCCCCN1. The maximum Gasteiger partial charge on any atom is 0.0600 e. The molecule has 0 bridgehead atoms. The highest BCUT2D eigenvalue weighted by Gasteiger charge is 2.16. The lowest BCUT2D eigenvalue weighted by Crippen LogP contribution is -2.46. The van der Waals surface area contributed by atoms with Crippen LogP contribution in [-0.2, 0) is 0 Å². The fourth-order valence-corrected chi connectivity index (χ4v) is 1.65. The fourth-order valence-electron chi connectivity index (χ4n) is 1.65. The molecule has 2 N–H and O–H groups in total. The van der Waals surface area contributed by atoms with Crippen molar-refractivity contribution in [3.63, 3.8) is 0 Å². The van der Waals surface area contributed by atoms with E-state index in [1.54, 1.807) is 0 Å². The highest BCUT2D eigenvalue weighted by molar-refractivity contribution is 4.68.